The topological polar surface area (TPSA) is 59.4 Å². The average Bonchev–Trinajstić information content (AvgIpc) is 2.99. The van der Waals surface area contributed by atoms with Crippen LogP contribution in [0.2, 0.25) is 0 Å². The molecule has 1 aliphatic heterocycles. The van der Waals surface area contributed by atoms with Crippen molar-refractivity contribution in [2.24, 2.45) is 0 Å². The number of hydrogen-bond donors (Lipinski definition) is 1. The molecule has 1 N–H and O–H groups in total. The van der Waals surface area contributed by atoms with Crippen LogP contribution in [0.4, 0.5) is 5.69 Å². The van der Waals surface area contributed by atoms with Gasteiger partial charge in [-0.1, -0.05) is 0 Å². The van der Waals surface area contributed by atoms with Gasteiger partial charge in [0.1, 0.15) is 0 Å². The third-order valence-corrected chi connectivity index (χ3v) is 3.71. The van der Waals surface area contributed by atoms with Gasteiger partial charge in [-0.05, 0) is 57.2 Å². The van der Waals surface area contributed by atoms with Crippen molar-refractivity contribution in [1.29, 1.82) is 5.26 Å². The van der Waals surface area contributed by atoms with E-state index in [-0.39, 0.29) is 5.91 Å². The molecule has 0 bridgehead atoms. The second kappa shape index (κ2) is 7.77. The molecule has 0 aliphatic carbocycles. The van der Waals surface area contributed by atoms with Gasteiger partial charge < -0.3 is 10.2 Å². The van der Waals surface area contributed by atoms with E-state index in [1.54, 1.807) is 24.3 Å². The second-order valence-electron chi connectivity index (χ2n) is 5.52. The largest absolute Gasteiger partial charge is 0.325 e. The van der Waals surface area contributed by atoms with E-state index in [9.17, 15) is 4.79 Å². The van der Waals surface area contributed by atoms with Crippen LogP contribution in [0.25, 0.3) is 0 Å². The number of nitrogens with one attached hydrogen (secondary N) is 1. The fourth-order valence-corrected chi connectivity index (χ4v) is 2.47. The molecule has 1 saturated heterocycles. The predicted molar refractivity (Wildman–Crippen MR) is 83.0 cm³/mol. The summed E-state index contributed by atoms with van der Waals surface area (Å²) in [7, 11) is 1.97. The highest BCUT2D eigenvalue weighted by Gasteiger charge is 2.13. The van der Waals surface area contributed by atoms with Crippen LogP contribution in [-0.4, -0.2) is 55.5 Å². The minimum Gasteiger partial charge on any atom is -0.325 e. The molecule has 21 heavy (non-hydrogen) atoms. The van der Waals surface area contributed by atoms with E-state index in [4.69, 9.17) is 5.26 Å². The number of likely N-dealkylation sites (tertiary alicyclic amines) is 1. The van der Waals surface area contributed by atoms with Gasteiger partial charge in [0, 0.05) is 18.8 Å². The SMILES string of the molecule is CN(CCN1CCCC1)CC(=O)Nc1ccc(C#N)cc1. The first kappa shape index (κ1) is 15.5. The Hall–Kier alpha value is -1.90. The van der Waals surface area contributed by atoms with Crippen LogP contribution in [-0.2, 0) is 4.79 Å². The number of nitrogens with zero attached hydrogens (tertiary/aromatic N) is 3. The minimum absolute atomic E-state index is 0.0244. The molecular formula is C16H22N4O. The molecule has 0 saturated carbocycles. The molecular weight excluding hydrogens is 264 g/mol. The number of rotatable bonds is 6. The lowest BCUT2D eigenvalue weighted by atomic mass is 10.2. The standard InChI is InChI=1S/C16H22N4O/c1-19(10-11-20-8-2-3-9-20)13-16(21)18-15-6-4-14(12-17)5-7-15/h4-7H,2-3,8-11,13H2,1H3,(H,18,21). The van der Waals surface area contributed by atoms with Crippen molar-refractivity contribution < 1.29 is 4.79 Å². The Kier molecular flexibility index (Phi) is 5.73. The summed E-state index contributed by atoms with van der Waals surface area (Å²) in [5, 5.41) is 11.6. The molecule has 2 rings (SSSR count). The van der Waals surface area contributed by atoms with Gasteiger partial charge in [0.2, 0.25) is 5.91 Å². The molecule has 0 spiro atoms. The number of benzene rings is 1. The second-order valence-corrected chi connectivity index (χ2v) is 5.52. The van der Waals surface area contributed by atoms with Gasteiger partial charge in [-0.3, -0.25) is 9.69 Å². The van der Waals surface area contributed by atoms with Crippen LogP contribution in [0.1, 0.15) is 18.4 Å². The van der Waals surface area contributed by atoms with Gasteiger partial charge in [0.15, 0.2) is 0 Å². The maximum Gasteiger partial charge on any atom is 0.238 e. The van der Waals surface area contributed by atoms with E-state index >= 15 is 0 Å². The fourth-order valence-electron chi connectivity index (χ4n) is 2.47. The molecule has 0 atom stereocenters. The summed E-state index contributed by atoms with van der Waals surface area (Å²) >= 11 is 0. The summed E-state index contributed by atoms with van der Waals surface area (Å²) in [6, 6.07) is 8.96. The maximum atomic E-state index is 11.9. The lowest BCUT2D eigenvalue weighted by Gasteiger charge is -2.20. The molecule has 1 aliphatic rings. The van der Waals surface area contributed by atoms with Crippen LogP contribution in [0.3, 0.4) is 0 Å². The van der Waals surface area contributed by atoms with Gasteiger partial charge in [0.05, 0.1) is 18.2 Å². The Morgan fingerprint density at radius 1 is 1.33 bits per heavy atom. The van der Waals surface area contributed by atoms with Crippen LogP contribution in [0.5, 0.6) is 0 Å². The highest BCUT2D eigenvalue weighted by Crippen LogP contribution is 2.09. The minimum atomic E-state index is -0.0244. The van der Waals surface area contributed by atoms with Crippen LogP contribution < -0.4 is 5.32 Å². The first-order chi connectivity index (χ1) is 10.2. The van der Waals surface area contributed by atoms with E-state index in [1.807, 2.05) is 11.9 Å². The Morgan fingerprint density at radius 3 is 2.62 bits per heavy atom. The predicted octanol–water partition coefficient (Wildman–Crippen LogP) is 1.52. The summed E-state index contributed by atoms with van der Waals surface area (Å²) in [6.07, 6.45) is 2.59. The van der Waals surface area contributed by atoms with Crippen molar-refractivity contribution in [1.82, 2.24) is 9.80 Å². The summed E-state index contributed by atoms with van der Waals surface area (Å²) in [5.74, 6) is -0.0244. The van der Waals surface area contributed by atoms with Crippen molar-refractivity contribution in [2.45, 2.75) is 12.8 Å². The van der Waals surface area contributed by atoms with Crippen molar-refractivity contribution in [3.8, 4) is 6.07 Å². The van der Waals surface area contributed by atoms with Crippen molar-refractivity contribution in [2.75, 3.05) is 45.1 Å². The Labute approximate surface area is 126 Å². The molecule has 0 radical (unpaired) electrons. The van der Waals surface area contributed by atoms with Crippen molar-refractivity contribution in [3.63, 3.8) is 0 Å². The summed E-state index contributed by atoms with van der Waals surface area (Å²) < 4.78 is 0. The van der Waals surface area contributed by atoms with Gasteiger partial charge in [-0.2, -0.15) is 5.26 Å². The first-order valence-electron chi connectivity index (χ1n) is 7.38. The van der Waals surface area contributed by atoms with Crippen LogP contribution >= 0.6 is 0 Å². The molecule has 5 nitrogen and oxygen atoms in total. The summed E-state index contributed by atoms with van der Waals surface area (Å²) in [4.78, 5) is 16.4. The Balaban J connectivity index is 1.71. The number of hydrogen-bond acceptors (Lipinski definition) is 4. The molecule has 1 aromatic carbocycles. The normalized spacial score (nSPS) is 15.1. The quantitative estimate of drug-likeness (QED) is 0.861. The number of amides is 1. The molecule has 1 amide bonds. The number of anilines is 1. The zero-order chi connectivity index (χ0) is 15.1. The van der Waals surface area contributed by atoms with Gasteiger partial charge in [-0.25, -0.2) is 0 Å². The first-order valence-corrected chi connectivity index (χ1v) is 7.38. The monoisotopic (exact) mass is 286 g/mol. The number of nitriles is 1. The Bertz CT molecular complexity index is 500. The zero-order valence-electron chi connectivity index (χ0n) is 12.5. The molecule has 1 aromatic rings. The number of likely N-dealkylation sites (N-methyl/N-ethyl adjacent to an activating group) is 1. The van der Waals surface area contributed by atoms with E-state index in [0.29, 0.717) is 12.1 Å². The Morgan fingerprint density at radius 2 is 2.00 bits per heavy atom. The van der Waals surface area contributed by atoms with E-state index < -0.39 is 0 Å². The maximum absolute atomic E-state index is 11.9. The zero-order valence-corrected chi connectivity index (χ0v) is 12.5. The number of carbonyl (C=O) groups is 1. The smallest absolute Gasteiger partial charge is 0.238 e. The molecule has 5 heteroatoms. The fraction of sp³-hybridized carbons (Fsp3) is 0.500. The molecule has 1 heterocycles. The van der Waals surface area contributed by atoms with Gasteiger partial charge in [-0.15, -0.1) is 0 Å². The number of carbonyl (C=O) groups excluding carboxylic acids is 1. The third kappa shape index (κ3) is 5.18. The highest BCUT2D eigenvalue weighted by atomic mass is 16.2. The highest BCUT2D eigenvalue weighted by molar-refractivity contribution is 5.92. The van der Waals surface area contributed by atoms with Gasteiger partial charge in [0.25, 0.3) is 0 Å². The molecule has 1 fully saturated rings. The van der Waals surface area contributed by atoms with Crippen molar-refractivity contribution >= 4 is 11.6 Å². The molecule has 0 aromatic heterocycles. The third-order valence-electron chi connectivity index (χ3n) is 3.71. The van der Waals surface area contributed by atoms with Gasteiger partial charge >= 0.3 is 0 Å². The van der Waals surface area contributed by atoms with Crippen molar-refractivity contribution in [3.05, 3.63) is 29.8 Å². The lowest BCUT2D eigenvalue weighted by Crippen LogP contribution is -2.36. The lowest BCUT2D eigenvalue weighted by molar-refractivity contribution is -0.117. The molecule has 0 unspecified atom stereocenters. The summed E-state index contributed by atoms with van der Waals surface area (Å²) in [5.41, 5.74) is 1.32. The van der Waals surface area contributed by atoms with Crippen LogP contribution in [0.15, 0.2) is 24.3 Å². The molecule has 112 valence electrons. The van der Waals surface area contributed by atoms with E-state index in [0.717, 1.165) is 18.8 Å². The van der Waals surface area contributed by atoms with E-state index in [1.165, 1.54) is 25.9 Å². The average molecular weight is 286 g/mol. The van der Waals surface area contributed by atoms with E-state index in [2.05, 4.69) is 16.3 Å². The summed E-state index contributed by atoms with van der Waals surface area (Å²) in [6.45, 7) is 4.69. The van der Waals surface area contributed by atoms with Crippen LogP contribution in [0, 0.1) is 11.3 Å².